The Morgan fingerprint density at radius 2 is 2.29 bits per heavy atom. The van der Waals surface area contributed by atoms with Crippen molar-refractivity contribution in [2.75, 3.05) is 25.0 Å². The van der Waals surface area contributed by atoms with Gasteiger partial charge in [0.25, 0.3) is 5.91 Å². The van der Waals surface area contributed by atoms with Crippen molar-refractivity contribution in [1.82, 2.24) is 14.9 Å². The number of H-pyrrole nitrogens is 1. The molecule has 3 aromatic rings. The van der Waals surface area contributed by atoms with Gasteiger partial charge < -0.3 is 20.9 Å². The molecule has 24 heavy (non-hydrogen) atoms. The molecule has 1 aromatic carbocycles. The van der Waals surface area contributed by atoms with E-state index < -0.39 is 0 Å². The molecule has 1 aliphatic rings. The van der Waals surface area contributed by atoms with E-state index in [2.05, 4.69) is 15.3 Å². The number of nitrogens with one attached hydrogen (secondary N) is 2. The summed E-state index contributed by atoms with van der Waals surface area (Å²) < 4.78 is 0. The van der Waals surface area contributed by atoms with Gasteiger partial charge in [-0.2, -0.15) is 0 Å². The Balaban J connectivity index is 1.53. The van der Waals surface area contributed by atoms with Crippen LogP contribution in [0, 0.1) is 0 Å². The number of hydrogen-bond donors (Lipinski definition) is 3. The Kier molecular flexibility index (Phi) is 3.95. The maximum atomic E-state index is 12.8. The van der Waals surface area contributed by atoms with Crippen molar-refractivity contribution in [2.45, 2.75) is 13.0 Å². The second-order valence-electron chi connectivity index (χ2n) is 5.85. The lowest BCUT2D eigenvalue weighted by Crippen LogP contribution is -2.35. The van der Waals surface area contributed by atoms with E-state index in [0.29, 0.717) is 31.9 Å². The van der Waals surface area contributed by atoms with Crippen molar-refractivity contribution in [2.24, 2.45) is 5.73 Å². The molecule has 0 radical (unpaired) electrons. The first-order valence-electron chi connectivity index (χ1n) is 8.04. The fraction of sp³-hybridized carbons (Fsp3) is 0.294. The van der Waals surface area contributed by atoms with E-state index in [1.54, 1.807) is 11.3 Å². The largest absolute Gasteiger partial charge is 0.360 e. The Bertz CT molecular complexity index is 851. The highest BCUT2D eigenvalue weighted by molar-refractivity contribution is 7.15. The molecule has 4 rings (SSSR count). The van der Waals surface area contributed by atoms with Gasteiger partial charge in [-0.25, -0.2) is 4.98 Å². The van der Waals surface area contributed by atoms with Crippen LogP contribution in [0.3, 0.4) is 0 Å². The molecule has 4 N–H and O–H groups in total. The average Bonchev–Trinajstić information content (AvgIpc) is 3.21. The van der Waals surface area contributed by atoms with Crippen LogP contribution < -0.4 is 11.1 Å². The van der Waals surface area contributed by atoms with Crippen LogP contribution in [0.25, 0.3) is 10.9 Å². The Hall–Kier alpha value is -2.38. The zero-order valence-corrected chi connectivity index (χ0v) is 14.0. The SMILES string of the molecule is NCCNc1nc2c(s1)CN(C(=O)c1cc3ccccc3[nH]1)CC2. The monoisotopic (exact) mass is 341 g/mol. The van der Waals surface area contributed by atoms with Crippen LogP contribution in [0.4, 0.5) is 5.13 Å². The number of nitrogens with zero attached hydrogens (tertiary/aromatic N) is 2. The summed E-state index contributed by atoms with van der Waals surface area (Å²) in [4.78, 5) is 23.7. The van der Waals surface area contributed by atoms with Gasteiger partial charge in [0.2, 0.25) is 0 Å². The lowest BCUT2D eigenvalue weighted by molar-refractivity contribution is 0.0731. The highest BCUT2D eigenvalue weighted by Crippen LogP contribution is 2.29. The van der Waals surface area contributed by atoms with Gasteiger partial charge in [-0.05, 0) is 12.1 Å². The van der Waals surface area contributed by atoms with E-state index in [9.17, 15) is 4.79 Å². The Labute approximate surface area is 143 Å². The van der Waals surface area contributed by atoms with Gasteiger partial charge in [0.05, 0.1) is 12.2 Å². The fourth-order valence-corrected chi connectivity index (χ4v) is 4.03. The molecule has 1 aliphatic heterocycles. The number of benzene rings is 1. The summed E-state index contributed by atoms with van der Waals surface area (Å²) in [7, 11) is 0. The lowest BCUT2D eigenvalue weighted by Gasteiger charge is -2.25. The summed E-state index contributed by atoms with van der Waals surface area (Å²) in [5.74, 6) is 0.0433. The van der Waals surface area contributed by atoms with Crippen molar-refractivity contribution >= 4 is 33.3 Å². The summed E-state index contributed by atoms with van der Waals surface area (Å²) in [6.07, 6.45) is 0.794. The van der Waals surface area contributed by atoms with Gasteiger partial charge in [-0.15, -0.1) is 0 Å². The summed E-state index contributed by atoms with van der Waals surface area (Å²) in [6.45, 7) is 2.60. The lowest BCUT2D eigenvalue weighted by atomic mass is 10.1. The zero-order valence-electron chi connectivity index (χ0n) is 13.2. The molecule has 1 amide bonds. The van der Waals surface area contributed by atoms with Crippen LogP contribution in [0.5, 0.6) is 0 Å². The molecule has 0 spiro atoms. The molecule has 7 heteroatoms. The van der Waals surface area contributed by atoms with Crippen LogP contribution in [0.2, 0.25) is 0 Å². The summed E-state index contributed by atoms with van der Waals surface area (Å²) in [5.41, 5.74) is 8.25. The number of thiazole rings is 1. The van der Waals surface area contributed by atoms with Crippen LogP contribution in [0.1, 0.15) is 21.1 Å². The number of carbonyl (C=O) groups is 1. The molecular weight excluding hydrogens is 322 g/mol. The first-order chi connectivity index (χ1) is 11.7. The molecule has 0 atom stereocenters. The van der Waals surface area contributed by atoms with Crippen LogP contribution in [0.15, 0.2) is 30.3 Å². The highest BCUT2D eigenvalue weighted by atomic mass is 32.1. The number of hydrogen-bond acceptors (Lipinski definition) is 5. The van der Waals surface area contributed by atoms with Crippen molar-refractivity contribution in [3.63, 3.8) is 0 Å². The molecule has 0 fully saturated rings. The Morgan fingerprint density at radius 3 is 3.12 bits per heavy atom. The number of aromatic nitrogens is 2. The van der Waals surface area contributed by atoms with Gasteiger partial charge >= 0.3 is 0 Å². The maximum Gasteiger partial charge on any atom is 0.270 e. The molecule has 0 saturated heterocycles. The van der Waals surface area contributed by atoms with Gasteiger partial charge in [-0.3, -0.25) is 4.79 Å². The number of aromatic amines is 1. The molecule has 0 unspecified atom stereocenters. The number of para-hydroxylation sites is 1. The minimum Gasteiger partial charge on any atom is -0.360 e. The normalized spacial score (nSPS) is 14.0. The van der Waals surface area contributed by atoms with E-state index in [4.69, 9.17) is 5.73 Å². The summed E-state index contributed by atoms with van der Waals surface area (Å²) in [5, 5.41) is 5.17. The van der Waals surface area contributed by atoms with E-state index in [1.807, 2.05) is 35.2 Å². The molecule has 0 aliphatic carbocycles. The number of anilines is 1. The predicted molar refractivity (Wildman–Crippen MR) is 96.4 cm³/mol. The fourth-order valence-electron chi connectivity index (χ4n) is 2.98. The molecule has 6 nitrogen and oxygen atoms in total. The van der Waals surface area contributed by atoms with Crippen molar-refractivity contribution in [3.05, 3.63) is 46.6 Å². The zero-order chi connectivity index (χ0) is 16.5. The first-order valence-corrected chi connectivity index (χ1v) is 8.86. The van der Waals surface area contributed by atoms with Crippen molar-refractivity contribution in [3.8, 4) is 0 Å². The molecule has 2 aromatic heterocycles. The van der Waals surface area contributed by atoms with Gasteiger partial charge in [0.1, 0.15) is 5.69 Å². The molecule has 0 bridgehead atoms. The van der Waals surface area contributed by atoms with Gasteiger partial charge in [0.15, 0.2) is 5.13 Å². The van der Waals surface area contributed by atoms with E-state index >= 15 is 0 Å². The van der Waals surface area contributed by atoms with E-state index in [0.717, 1.165) is 33.0 Å². The van der Waals surface area contributed by atoms with Gasteiger partial charge in [0, 0.05) is 41.8 Å². The third-order valence-corrected chi connectivity index (χ3v) is 5.24. The maximum absolute atomic E-state index is 12.8. The standard InChI is InChI=1S/C17H19N5OS/c18-6-7-19-17-21-13-5-8-22(10-15(13)24-17)16(23)14-9-11-3-1-2-4-12(11)20-14/h1-4,9,20H,5-8,10,18H2,(H,19,21). The third kappa shape index (κ3) is 2.76. The van der Waals surface area contributed by atoms with Crippen molar-refractivity contribution < 1.29 is 4.79 Å². The van der Waals surface area contributed by atoms with Crippen molar-refractivity contribution in [1.29, 1.82) is 0 Å². The summed E-state index contributed by atoms with van der Waals surface area (Å²) in [6, 6.07) is 9.86. The van der Waals surface area contributed by atoms with Crippen LogP contribution in [-0.4, -0.2) is 40.4 Å². The minimum absolute atomic E-state index is 0.0433. The quantitative estimate of drug-likeness (QED) is 0.679. The number of nitrogens with two attached hydrogens (primary N) is 1. The number of amides is 1. The van der Waals surface area contributed by atoms with Crippen LogP contribution in [-0.2, 0) is 13.0 Å². The predicted octanol–water partition coefficient (Wildman–Crippen LogP) is 2.19. The second kappa shape index (κ2) is 6.26. The molecular formula is C17H19N5OS. The smallest absolute Gasteiger partial charge is 0.270 e. The first kappa shape index (κ1) is 15.2. The number of rotatable bonds is 4. The van der Waals surface area contributed by atoms with E-state index in [-0.39, 0.29) is 5.91 Å². The van der Waals surface area contributed by atoms with Crippen LogP contribution >= 0.6 is 11.3 Å². The third-order valence-electron chi connectivity index (χ3n) is 4.20. The minimum atomic E-state index is 0.0433. The summed E-state index contributed by atoms with van der Waals surface area (Å²) >= 11 is 1.61. The number of fused-ring (bicyclic) bond motifs is 2. The molecule has 124 valence electrons. The number of carbonyl (C=O) groups excluding carboxylic acids is 1. The molecule has 3 heterocycles. The second-order valence-corrected chi connectivity index (χ2v) is 6.93. The molecule has 0 saturated carbocycles. The van der Waals surface area contributed by atoms with Gasteiger partial charge in [-0.1, -0.05) is 29.5 Å². The Morgan fingerprint density at radius 1 is 1.42 bits per heavy atom. The topological polar surface area (TPSA) is 87.0 Å². The average molecular weight is 341 g/mol. The van der Waals surface area contributed by atoms with E-state index in [1.165, 1.54) is 0 Å². The highest BCUT2D eigenvalue weighted by Gasteiger charge is 2.25.